The van der Waals surface area contributed by atoms with E-state index in [1.807, 2.05) is 48.1 Å². The van der Waals surface area contributed by atoms with Gasteiger partial charge in [0.15, 0.2) is 11.5 Å². The van der Waals surface area contributed by atoms with Gasteiger partial charge in [0.25, 0.3) is 0 Å². The van der Waals surface area contributed by atoms with Crippen LogP contribution in [0.15, 0.2) is 42.9 Å². The van der Waals surface area contributed by atoms with Gasteiger partial charge in [-0.05, 0) is 12.1 Å². The van der Waals surface area contributed by atoms with E-state index in [9.17, 15) is 0 Å². The topological polar surface area (TPSA) is 68.2 Å². The monoisotopic (exact) mass is 239 g/mol. The summed E-state index contributed by atoms with van der Waals surface area (Å²) in [6.45, 7) is 0. The minimum absolute atomic E-state index is 0.747. The molecule has 0 saturated heterocycles. The third-order valence-corrected chi connectivity index (χ3v) is 2.82. The highest BCUT2D eigenvalue weighted by Crippen LogP contribution is 2.22. The fourth-order valence-corrected chi connectivity index (χ4v) is 1.89. The molecule has 0 bridgehead atoms. The van der Waals surface area contributed by atoms with E-state index in [0.29, 0.717) is 0 Å². The number of hydrogen-bond acceptors (Lipinski definition) is 4. The molecule has 0 saturated carbocycles. The van der Waals surface area contributed by atoms with Gasteiger partial charge in [0, 0.05) is 36.9 Å². The molecule has 0 aliphatic carbocycles. The van der Waals surface area contributed by atoms with Crippen LogP contribution in [0, 0.1) is 0 Å². The molecule has 3 rings (SSSR count). The molecule has 5 nitrogen and oxygen atoms in total. The molecular formula is C13H13N5. The molecule has 3 N–H and O–H groups in total. The quantitative estimate of drug-likeness (QED) is 0.671. The Morgan fingerprint density at radius 3 is 2.72 bits per heavy atom. The lowest BCUT2D eigenvalue weighted by Gasteiger charge is -2.07. The third-order valence-electron chi connectivity index (χ3n) is 2.82. The molecule has 0 amide bonds. The molecule has 0 spiro atoms. The van der Waals surface area contributed by atoms with Crippen molar-refractivity contribution in [3.63, 3.8) is 0 Å². The zero-order valence-electron chi connectivity index (χ0n) is 9.96. The Labute approximate surface area is 104 Å². The number of imidazole rings is 1. The summed E-state index contributed by atoms with van der Waals surface area (Å²) in [5, 5.41) is 3.06. The molecule has 0 radical (unpaired) electrons. The number of nitrogen functional groups attached to an aromatic ring is 1. The molecule has 3 aromatic rings. The Bertz CT molecular complexity index is 684. The Balaban J connectivity index is 2.19. The molecule has 2 aromatic heterocycles. The molecule has 2 heterocycles. The second-order valence-electron chi connectivity index (χ2n) is 4.00. The number of fused-ring (bicyclic) bond motifs is 1. The maximum Gasteiger partial charge on any atom is 0.180 e. The largest absolute Gasteiger partial charge is 0.399 e. The number of rotatable bonds is 2. The van der Waals surface area contributed by atoms with Gasteiger partial charge in [-0.2, -0.15) is 0 Å². The molecule has 0 aliphatic rings. The highest BCUT2D eigenvalue weighted by atomic mass is 15.1. The van der Waals surface area contributed by atoms with E-state index >= 15 is 0 Å². The fourth-order valence-electron chi connectivity index (χ4n) is 1.89. The van der Waals surface area contributed by atoms with Gasteiger partial charge in [0.2, 0.25) is 0 Å². The summed E-state index contributed by atoms with van der Waals surface area (Å²) in [7, 11) is 1.84. The number of anilines is 2. The Hall–Kier alpha value is -2.56. The molecule has 18 heavy (non-hydrogen) atoms. The van der Waals surface area contributed by atoms with E-state index in [1.54, 1.807) is 6.20 Å². The molecule has 0 fully saturated rings. The van der Waals surface area contributed by atoms with Gasteiger partial charge in [-0.3, -0.25) is 0 Å². The minimum atomic E-state index is 0.747. The van der Waals surface area contributed by atoms with Gasteiger partial charge in [0.05, 0.1) is 5.69 Å². The van der Waals surface area contributed by atoms with Crippen molar-refractivity contribution >= 4 is 17.2 Å². The summed E-state index contributed by atoms with van der Waals surface area (Å²) < 4.78 is 1.95. The van der Waals surface area contributed by atoms with Crippen LogP contribution in [0.4, 0.5) is 11.5 Å². The van der Waals surface area contributed by atoms with E-state index in [1.165, 1.54) is 0 Å². The van der Waals surface area contributed by atoms with Crippen LogP contribution in [0.3, 0.4) is 0 Å². The molecule has 90 valence electrons. The van der Waals surface area contributed by atoms with Crippen LogP contribution >= 0.6 is 0 Å². The van der Waals surface area contributed by atoms with E-state index < -0.39 is 0 Å². The molecule has 0 aliphatic heterocycles. The maximum absolute atomic E-state index is 5.69. The molecule has 0 unspecified atom stereocenters. The normalized spacial score (nSPS) is 10.7. The Morgan fingerprint density at radius 1 is 1.22 bits per heavy atom. The summed E-state index contributed by atoms with van der Waals surface area (Å²) >= 11 is 0. The highest BCUT2D eigenvalue weighted by molar-refractivity contribution is 5.69. The predicted octanol–water partition coefficient (Wildman–Crippen LogP) is 2.02. The summed E-state index contributed by atoms with van der Waals surface area (Å²) in [6.07, 6.45) is 5.61. The first-order valence-electron chi connectivity index (χ1n) is 5.65. The summed E-state index contributed by atoms with van der Waals surface area (Å²) in [5.41, 5.74) is 9.15. The van der Waals surface area contributed by atoms with Crippen molar-refractivity contribution in [2.45, 2.75) is 0 Å². The van der Waals surface area contributed by atoms with Crippen molar-refractivity contribution < 1.29 is 0 Å². The van der Waals surface area contributed by atoms with Gasteiger partial charge in [0.1, 0.15) is 0 Å². The third kappa shape index (κ3) is 1.66. The molecular weight excluding hydrogens is 226 g/mol. The number of benzene rings is 1. The highest BCUT2D eigenvalue weighted by Gasteiger charge is 2.07. The lowest BCUT2D eigenvalue weighted by Crippen LogP contribution is -1.99. The lowest BCUT2D eigenvalue weighted by molar-refractivity contribution is 1.13. The second-order valence-corrected chi connectivity index (χ2v) is 4.00. The number of nitrogens with two attached hydrogens (primary N) is 1. The van der Waals surface area contributed by atoms with E-state index in [-0.39, 0.29) is 0 Å². The molecule has 0 atom stereocenters. The smallest absolute Gasteiger partial charge is 0.180 e. The van der Waals surface area contributed by atoms with Crippen molar-refractivity contribution in [1.29, 1.82) is 0 Å². The van der Waals surface area contributed by atoms with Crippen molar-refractivity contribution in [3.8, 4) is 11.3 Å². The Morgan fingerprint density at radius 2 is 2.00 bits per heavy atom. The van der Waals surface area contributed by atoms with Gasteiger partial charge in [-0.1, -0.05) is 12.1 Å². The number of hydrogen-bond donors (Lipinski definition) is 2. The van der Waals surface area contributed by atoms with Crippen molar-refractivity contribution in [2.24, 2.45) is 0 Å². The minimum Gasteiger partial charge on any atom is -0.399 e. The zero-order chi connectivity index (χ0) is 12.5. The van der Waals surface area contributed by atoms with Gasteiger partial charge >= 0.3 is 0 Å². The zero-order valence-corrected chi connectivity index (χ0v) is 9.96. The van der Waals surface area contributed by atoms with Crippen LogP contribution in [0.1, 0.15) is 0 Å². The van der Waals surface area contributed by atoms with E-state index in [4.69, 9.17) is 5.73 Å². The van der Waals surface area contributed by atoms with E-state index in [0.717, 1.165) is 28.4 Å². The number of nitrogens with zero attached hydrogens (tertiary/aromatic N) is 3. The van der Waals surface area contributed by atoms with Crippen LogP contribution < -0.4 is 11.1 Å². The van der Waals surface area contributed by atoms with Crippen molar-refractivity contribution in [2.75, 3.05) is 18.1 Å². The van der Waals surface area contributed by atoms with Crippen LogP contribution in [0.25, 0.3) is 16.9 Å². The first-order valence-corrected chi connectivity index (χ1v) is 5.65. The first-order chi connectivity index (χ1) is 8.78. The summed E-state index contributed by atoms with van der Waals surface area (Å²) in [5.74, 6) is 0.759. The van der Waals surface area contributed by atoms with Crippen LogP contribution in [-0.4, -0.2) is 21.4 Å². The van der Waals surface area contributed by atoms with Gasteiger partial charge in [-0.15, -0.1) is 0 Å². The molecule has 5 heteroatoms. The SMILES string of the molecule is CNc1nc(-c2ccc(N)cc2)cn2ccnc12. The lowest BCUT2D eigenvalue weighted by atomic mass is 10.1. The maximum atomic E-state index is 5.69. The summed E-state index contributed by atoms with van der Waals surface area (Å²) in [4.78, 5) is 8.81. The average Bonchev–Trinajstić information content (AvgIpc) is 2.86. The van der Waals surface area contributed by atoms with Crippen molar-refractivity contribution in [3.05, 3.63) is 42.9 Å². The van der Waals surface area contributed by atoms with Gasteiger partial charge < -0.3 is 15.5 Å². The number of nitrogens with one attached hydrogen (secondary N) is 1. The standard InChI is InChI=1S/C13H13N5/c1-15-12-13-16-6-7-18(13)8-11(17-12)9-2-4-10(14)5-3-9/h2-8H,14H2,1H3,(H,15,17). The fraction of sp³-hybridized carbons (Fsp3) is 0.0769. The second kappa shape index (κ2) is 4.03. The van der Waals surface area contributed by atoms with E-state index in [2.05, 4.69) is 15.3 Å². The predicted molar refractivity (Wildman–Crippen MR) is 72.4 cm³/mol. The van der Waals surface area contributed by atoms with Crippen LogP contribution in [0.2, 0.25) is 0 Å². The summed E-state index contributed by atoms with van der Waals surface area (Å²) in [6, 6.07) is 7.65. The van der Waals surface area contributed by atoms with Crippen LogP contribution in [0.5, 0.6) is 0 Å². The van der Waals surface area contributed by atoms with Crippen LogP contribution in [-0.2, 0) is 0 Å². The number of aromatic nitrogens is 3. The van der Waals surface area contributed by atoms with Crippen molar-refractivity contribution in [1.82, 2.24) is 14.4 Å². The molecule has 1 aromatic carbocycles. The first kappa shape index (κ1) is 10.6. The van der Waals surface area contributed by atoms with Gasteiger partial charge in [-0.25, -0.2) is 9.97 Å². The average molecular weight is 239 g/mol. The Kier molecular flexibility index (Phi) is 2.37.